The van der Waals surface area contributed by atoms with Crippen LogP contribution in [0.5, 0.6) is 0 Å². The summed E-state index contributed by atoms with van der Waals surface area (Å²) >= 11 is 1.40. The van der Waals surface area contributed by atoms with E-state index in [1.807, 2.05) is 0 Å². The van der Waals surface area contributed by atoms with Crippen molar-refractivity contribution in [1.29, 1.82) is 0 Å². The molecule has 0 aromatic carbocycles. The maximum absolute atomic E-state index is 12.2. The van der Waals surface area contributed by atoms with Gasteiger partial charge in [-0.3, -0.25) is 9.59 Å². The third-order valence-electron chi connectivity index (χ3n) is 3.93. The minimum atomic E-state index is -1.19. The fourth-order valence-corrected chi connectivity index (χ4v) is 4.28. The molecule has 2 rings (SSSR count). The van der Waals surface area contributed by atoms with Crippen LogP contribution in [0.25, 0.3) is 0 Å². The monoisotopic (exact) mass is 337 g/mol. The minimum absolute atomic E-state index is 0.0295. The number of nitrogens with two attached hydrogens (primary N) is 1. The Balaban J connectivity index is 2.16. The van der Waals surface area contributed by atoms with Gasteiger partial charge in [-0.1, -0.05) is 13.8 Å². The molecule has 3 N–H and O–H groups in total. The van der Waals surface area contributed by atoms with Gasteiger partial charge in [-0.05, 0) is 43.1 Å². The zero-order valence-corrected chi connectivity index (χ0v) is 14.2. The first-order chi connectivity index (χ1) is 10.7. The molecular weight excluding hydrogens is 316 g/mol. The smallest absolute Gasteiger partial charge is 0.251 e. The number of hydrogen-bond donors (Lipinski definition) is 2. The van der Waals surface area contributed by atoms with E-state index in [2.05, 4.69) is 5.32 Å². The molecule has 23 heavy (non-hydrogen) atoms. The highest BCUT2D eigenvalue weighted by molar-refractivity contribution is 7.17. The molecule has 1 aliphatic rings. The van der Waals surface area contributed by atoms with Crippen LogP contribution in [0, 0.1) is 5.41 Å². The highest BCUT2D eigenvalue weighted by Gasteiger charge is 2.27. The van der Waals surface area contributed by atoms with E-state index in [1.54, 1.807) is 13.8 Å². The van der Waals surface area contributed by atoms with E-state index < -0.39 is 17.3 Å². The fourth-order valence-electron chi connectivity index (χ4n) is 2.97. The number of amides is 2. The number of nitrogens with one attached hydrogen (secondary N) is 1. The predicted octanol–water partition coefficient (Wildman–Crippen LogP) is 1.22. The SMILES string of the molecule is CC(C)(CC(=O)[O-])CC(=O)Nc1sc2c(c1C(N)=O)CCCC2. The highest BCUT2D eigenvalue weighted by Crippen LogP contribution is 2.38. The van der Waals surface area contributed by atoms with Gasteiger partial charge < -0.3 is 21.0 Å². The fraction of sp³-hybridized carbons (Fsp3) is 0.562. The first kappa shape index (κ1) is 17.5. The summed E-state index contributed by atoms with van der Waals surface area (Å²) in [6.07, 6.45) is 3.60. The molecule has 0 bridgehead atoms. The van der Waals surface area contributed by atoms with Gasteiger partial charge in [0.1, 0.15) is 5.00 Å². The maximum atomic E-state index is 12.2. The number of carboxylic acid groups (broad SMARTS) is 1. The summed E-state index contributed by atoms with van der Waals surface area (Å²) in [5.74, 6) is -2.04. The van der Waals surface area contributed by atoms with Crippen LogP contribution in [0.1, 0.15) is 60.3 Å². The number of anilines is 1. The lowest BCUT2D eigenvalue weighted by molar-refractivity contribution is -0.307. The summed E-state index contributed by atoms with van der Waals surface area (Å²) in [7, 11) is 0. The van der Waals surface area contributed by atoms with Crippen molar-refractivity contribution in [3.05, 3.63) is 16.0 Å². The normalized spacial score (nSPS) is 14.2. The lowest BCUT2D eigenvalue weighted by atomic mass is 9.85. The van der Waals surface area contributed by atoms with Crippen LogP contribution in [0.4, 0.5) is 5.00 Å². The summed E-state index contributed by atoms with van der Waals surface area (Å²) in [6.45, 7) is 3.38. The molecule has 0 saturated heterocycles. The minimum Gasteiger partial charge on any atom is -0.550 e. The Hall–Kier alpha value is -1.89. The number of primary amides is 1. The van der Waals surface area contributed by atoms with Gasteiger partial charge in [-0.25, -0.2) is 0 Å². The Morgan fingerprint density at radius 3 is 2.48 bits per heavy atom. The first-order valence-electron chi connectivity index (χ1n) is 7.63. The largest absolute Gasteiger partial charge is 0.550 e. The van der Waals surface area contributed by atoms with E-state index in [0.29, 0.717) is 10.6 Å². The molecule has 0 radical (unpaired) electrons. The maximum Gasteiger partial charge on any atom is 0.251 e. The van der Waals surface area contributed by atoms with Crippen LogP contribution in [0.15, 0.2) is 0 Å². The van der Waals surface area contributed by atoms with Crippen molar-refractivity contribution in [3.63, 3.8) is 0 Å². The Bertz CT molecular complexity index is 649. The number of rotatable bonds is 6. The number of aryl methyl sites for hydroxylation is 1. The second kappa shape index (κ2) is 6.70. The Morgan fingerprint density at radius 2 is 1.87 bits per heavy atom. The van der Waals surface area contributed by atoms with E-state index in [4.69, 9.17) is 5.73 Å². The average Bonchev–Trinajstić information content (AvgIpc) is 2.73. The summed E-state index contributed by atoms with van der Waals surface area (Å²) in [5.41, 5.74) is 6.14. The highest BCUT2D eigenvalue weighted by atomic mass is 32.1. The molecule has 1 aromatic rings. The van der Waals surface area contributed by atoms with Crippen molar-refractivity contribution in [3.8, 4) is 0 Å². The van der Waals surface area contributed by atoms with E-state index in [0.717, 1.165) is 36.1 Å². The molecule has 1 aliphatic carbocycles. The zero-order chi connectivity index (χ0) is 17.2. The molecule has 0 atom stereocenters. The zero-order valence-electron chi connectivity index (χ0n) is 13.4. The number of carbonyl (C=O) groups is 3. The Kier molecular flexibility index (Phi) is 5.09. The molecule has 6 nitrogen and oxygen atoms in total. The van der Waals surface area contributed by atoms with Gasteiger partial charge >= 0.3 is 0 Å². The molecule has 0 saturated carbocycles. The van der Waals surface area contributed by atoms with Crippen molar-refractivity contribution >= 4 is 34.1 Å². The van der Waals surface area contributed by atoms with Crippen molar-refractivity contribution in [2.45, 2.75) is 52.4 Å². The van der Waals surface area contributed by atoms with Crippen LogP contribution in [-0.2, 0) is 22.4 Å². The molecule has 7 heteroatoms. The van der Waals surface area contributed by atoms with E-state index in [-0.39, 0.29) is 18.7 Å². The van der Waals surface area contributed by atoms with E-state index >= 15 is 0 Å². The van der Waals surface area contributed by atoms with E-state index in [9.17, 15) is 19.5 Å². The average molecular weight is 337 g/mol. The topological polar surface area (TPSA) is 112 Å². The molecule has 2 amide bonds. The lowest BCUT2D eigenvalue weighted by Gasteiger charge is -2.24. The number of thiophene rings is 1. The summed E-state index contributed by atoms with van der Waals surface area (Å²) in [5, 5.41) is 14.0. The number of carbonyl (C=O) groups excluding carboxylic acids is 3. The third-order valence-corrected chi connectivity index (χ3v) is 5.14. The van der Waals surface area contributed by atoms with Crippen molar-refractivity contribution in [1.82, 2.24) is 0 Å². The van der Waals surface area contributed by atoms with Gasteiger partial charge in [0.25, 0.3) is 5.91 Å². The van der Waals surface area contributed by atoms with Crippen LogP contribution in [0.2, 0.25) is 0 Å². The molecule has 0 unspecified atom stereocenters. The van der Waals surface area contributed by atoms with Gasteiger partial charge in [-0.15, -0.1) is 11.3 Å². The summed E-state index contributed by atoms with van der Waals surface area (Å²) in [4.78, 5) is 35.8. The number of carboxylic acids is 1. The van der Waals surface area contributed by atoms with Gasteiger partial charge in [0.05, 0.1) is 5.56 Å². The predicted molar refractivity (Wildman–Crippen MR) is 86.1 cm³/mol. The quantitative estimate of drug-likeness (QED) is 0.812. The van der Waals surface area contributed by atoms with Crippen molar-refractivity contribution in [2.24, 2.45) is 11.1 Å². The van der Waals surface area contributed by atoms with Crippen LogP contribution in [-0.4, -0.2) is 17.8 Å². The standard InChI is InChI=1S/C16H22N2O4S/c1-16(2,8-12(20)21)7-11(19)18-15-13(14(17)22)9-5-3-4-6-10(9)23-15/h3-8H2,1-2H3,(H2,17,22)(H,18,19)(H,20,21)/p-1. The molecular formula is C16H21N2O4S-. The molecule has 0 aliphatic heterocycles. The molecule has 0 spiro atoms. The first-order valence-corrected chi connectivity index (χ1v) is 8.45. The summed E-state index contributed by atoms with van der Waals surface area (Å²) in [6, 6.07) is 0. The van der Waals surface area contributed by atoms with Gasteiger partial charge in [-0.2, -0.15) is 0 Å². The summed E-state index contributed by atoms with van der Waals surface area (Å²) < 4.78 is 0. The van der Waals surface area contributed by atoms with Crippen LogP contribution < -0.4 is 16.2 Å². The second-order valence-corrected chi connectivity index (χ2v) is 7.82. The van der Waals surface area contributed by atoms with Crippen molar-refractivity contribution < 1.29 is 19.5 Å². The number of aliphatic carboxylic acids is 1. The third kappa shape index (κ3) is 4.31. The lowest BCUT2D eigenvalue weighted by Crippen LogP contribution is -2.31. The van der Waals surface area contributed by atoms with Crippen molar-refractivity contribution in [2.75, 3.05) is 5.32 Å². The molecule has 1 aromatic heterocycles. The molecule has 0 fully saturated rings. The molecule has 126 valence electrons. The van der Waals surface area contributed by atoms with Gasteiger partial charge in [0.15, 0.2) is 0 Å². The Labute approximate surface area is 139 Å². The van der Waals surface area contributed by atoms with Gasteiger partial charge in [0.2, 0.25) is 5.91 Å². The molecule has 1 heterocycles. The van der Waals surface area contributed by atoms with E-state index in [1.165, 1.54) is 11.3 Å². The van der Waals surface area contributed by atoms with Crippen LogP contribution >= 0.6 is 11.3 Å². The van der Waals surface area contributed by atoms with Gasteiger partial charge in [0, 0.05) is 17.3 Å². The second-order valence-electron chi connectivity index (χ2n) is 6.72. The van der Waals surface area contributed by atoms with Crippen LogP contribution in [0.3, 0.4) is 0 Å². The number of hydrogen-bond acceptors (Lipinski definition) is 5. The Morgan fingerprint density at radius 1 is 1.22 bits per heavy atom. The number of fused-ring (bicyclic) bond motifs is 1.